The summed E-state index contributed by atoms with van der Waals surface area (Å²) in [5.74, 6) is 0.130. The largest absolute Gasteiger partial charge is 0.392 e. The molecule has 184 valence electrons. The number of methoxy groups -OCH3 is 1. The average molecular weight is 493 g/mol. The molecule has 8 nitrogen and oxygen atoms in total. The van der Waals surface area contributed by atoms with Crippen LogP contribution in [0.4, 0.5) is 0 Å². The second-order valence-corrected chi connectivity index (χ2v) is 11.3. The third-order valence-electron chi connectivity index (χ3n) is 7.34. The Hall–Kier alpha value is 0.0900. The van der Waals surface area contributed by atoms with E-state index in [2.05, 4.69) is 0 Å². The van der Waals surface area contributed by atoms with Crippen LogP contribution in [0.25, 0.3) is 0 Å². The standard InChI is InChI=1S/C22H36O8S2/c1-14(21(2)27-5-6-28-21)18(23)15-10-32-11-16(19(15)24)20(26-13-25-3)17-12-31-9-4-22(17)29-7-8-30-22/h14-18,20,23H,4-13H2,1-3H3/t14-,15-,16+,17+,18+,20-/m1/s1. The van der Waals surface area contributed by atoms with E-state index in [-0.39, 0.29) is 30.3 Å². The fourth-order valence-corrected chi connectivity index (χ4v) is 7.96. The van der Waals surface area contributed by atoms with E-state index in [9.17, 15) is 9.90 Å². The first-order chi connectivity index (χ1) is 15.4. The van der Waals surface area contributed by atoms with Crippen molar-refractivity contribution in [2.24, 2.45) is 23.7 Å². The van der Waals surface area contributed by atoms with Crippen LogP contribution in [0.15, 0.2) is 0 Å². The van der Waals surface area contributed by atoms with Crippen molar-refractivity contribution in [3.63, 3.8) is 0 Å². The lowest BCUT2D eigenvalue weighted by atomic mass is 9.76. The second-order valence-electron chi connectivity index (χ2n) is 9.12. The van der Waals surface area contributed by atoms with Gasteiger partial charge >= 0.3 is 0 Å². The van der Waals surface area contributed by atoms with Crippen LogP contribution in [0.2, 0.25) is 0 Å². The fraction of sp³-hybridized carbons (Fsp3) is 0.955. The van der Waals surface area contributed by atoms with Gasteiger partial charge in [0, 0.05) is 42.6 Å². The summed E-state index contributed by atoms with van der Waals surface area (Å²) in [5, 5.41) is 11.2. The smallest absolute Gasteiger partial charge is 0.175 e. The molecule has 4 saturated heterocycles. The summed E-state index contributed by atoms with van der Waals surface area (Å²) in [6.45, 7) is 5.94. The van der Waals surface area contributed by atoms with Crippen LogP contribution in [0.5, 0.6) is 0 Å². The number of carbonyl (C=O) groups excluding carboxylic acids is 1. The maximum Gasteiger partial charge on any atom is 0.175 e. The van der Waals surface area contributed by atoms with Crippen LogP contribution >= 0.6 is 23.5 Å². The van der Waals surface area contributed by atoms with E-state index >= 15 is 0 Å². The van der Waals surface area contributed by atoms with Crippen molar-refractivity contribution < 1.29 is 38.3 Å². The van der Waals surface area contributed by atoms with Gasteiger partial charge in [-0.1, -0.05) is 6.92 Å². The Bertz CT molecular complexity index is 637. The van der Waals surface area contributed by atoms with Crippen molar-refractivity contribution in [1.29, 1.82) is 0 Å². The minimum absolute atomic E-state index is 0.0366. The SMILES string of the molecule is COCO[C@H]([C@H]1CSC[C@H]([C@@H](O)[C@@H](C)C2(C)OCCO2)C1=O)[C@@H]1CSCCC12OCCO2. The van der Waals surface area contributed by atoms with Crippen molar-refractivity contribution >= 4 is 29.3 Å². The van der Waals surface area contributed by atoms with Crippen molar-refractivity contribution in [2.75, 3.05) is 63.3 Å². The van der Waals surface area contributed by atoms with Crippen LogP contribution in [0, 0.1) is 23.7 Å². The molecule has 0 aliphatic carbocycles. The number of hydrogen-bond donors (Lipinski definition) is 1. The Kier molecular flexibility index (Phi) is 8.49. The molecule has 0 unspecified atom stereocenters. The topological polar surface area (TPSA) is 92.7 Å². The van der Waals surface area contributed by atoms with Gasteiger partial charge in [-0.15, -0.1) is 0 Å². The molecule has 0 aromatic rings. The maximum atomic E-state index is 13.8. The van der Waals surface area contributed by atoms with Crippen molar-refractivity contribution in [3.8, 4) is 0 Å². The van der Waals surface area contributed by atoms with Gasteiger partial charge in [-0.05, 0) is 12.7 Å². The van der Waals surface area contributed by atoms with Crippen LogP contribution in [-0.4, -0.2) is 98.0 Å². The van der Waals surface area contributed by atoms with Gasteiger partial charge in [-0.25, -0.2) is 0 Å². The summed E-state index contributed by atoms with van der Waals surface area (Å²) in [7, 11) is 1.58. The summed E-state index contributed by atoms with van der Waals surface area (Å²) in [5.41, 5.74) is 0. The van der Waals surface area contributed by atoms with Gasteiger partial charge < -0.3 is 33.5 Å². The highest BCUT2D eigenvalue weighted by atomic mass is 32.2. The highest BCUT2D eigenvalue weighted by Crippen LogP contribution is 2.46. The molecule has 4 fully saturated rings. The average Bonchev–Trinajstić information content (AvgIpc) is 3.45. The molecule has 32 heavy (non-hydrogen) atoms. The number of aliphatic hydroxyl groups is 1. The fourth-order valence-electron chi connectivity index (χ4n) is 5.31. The van der Waals surface area contributed by atoms with Gasteiger partial charge in [0.15, 0.2) is 11.6 Å². The van der Waals surface area contributed by atoms with Crippen molar-refractivity contribution in [2.45, 2.75) is 44.1 Å². The first kappa shape index (κ1) is 25.2. The first-order valence-electron chi connectivity index (χ1n) is 11.5. The van der Waals surface area contributed by atoms with Crippen LogP contribution in [-0.2, 0) is 33.2 Å². The normalized spacial score (nSPS) is 35.1. The monoisotopic (exact) mass is 492 g/mol. The van der Waals surface area contributed by atoms with E-state index in [1.807, 2.05) is 25.6 Å². The van der Waals surface area contributed by atoms with E-state index in [4.69, 9.17) is 28.4 Å². The van der Waals surface area contributed by atoms with Crippen LogP contribution in [0.3, 0.4) is 0 Å². The molecule has 0 bridgehead atoms. The van der Waals surface area contributed by atoms with Crippen molar-refractivity contribution in [3.05, 3.63) is 0 Å². The minimum Gasteiger partial charge on any atom is -0.392 e. The number of ketones is 1. The van der Waals surface area contributed by atoms with Gasteiger partial charge in [-0.2, -0.15) is 23.5 Å². The molecule has 4 aliphatic rings. The zero-order valence-corrected chi connectivity index (χ0v) is 20.8. The predicted octanol–water partition coefficient (Wildman–Crippen LogP) is 1.78. The number of carbonyl (C=O) groups is 1. The Labute approximate surface area is 198 Å². The molecule has 0 amide bonds. The zero-order chi connectivity index (χ0) is 22.8. The molecule has 0 saturated carbocycles. The number of Topliss-reactive ketones (excluding diaryl/α,β-unsaturated/α-hetero) is 1. The summed E-state index contributed by atoms with van der Waals surface area (Å²) in [6, 6.07) is 0. The van der Waals surface area contributed by atoms with Crippen LogP contribution in [0.1, 0.15) is 20.3 Å². The Morgan fingerprint density at radius 1 is 1.06 bits per heavy atom. The molecule has 0 radical (unpaired) electrons. The number of rotatable bonds is 8. The summed E-state index contributed by atoms with van der Waals surface area (Å²) in [6.07, 6.45) is -0.488. The highest BCUT2D eigenvalue weighted by molar-refractivity contribution is 7.99. The molecule has 1 spiro atoms. The number of thioether (sulfide) groups is 2. The van der Waals surface area contributed by atoms with Gasteiger partial charge in [0.1, 0.15) is 12.6 Å². The second kappa shape index (κ2) is 10.8. The molecule has 0 aromatic heterocycles. The third kappa shape index (κ3) is 4.90. The molecule has 0 aromatic carbocycles. The minimum atomic E-state index is -0.876. The van der Waals surface area contributed by atoms with E-state index in [0.717, 1.165) is 17.9 Å². The van der Waals surface area contributed by atoms with Gasteiger partial charge in [0.25, 0.3) is 0 Å². The summed E-state index contributed by atoms with van der Waals surface area (Å²) < 4.78 is 35.1. The zero-order valence-electron chi connectivity index (χ0n) is 19.2. The first-order valence-corrected chi connectivity index (χ1v) is 13.8. The van der Waals surface area contributed by atoms with Crippen LogP contribution < -0.4 is 0 Å². The Morgan fingerprint density at radius 3 is 2.41 bits per heavy atom. The maximum absolute atomic E-state index is 13.8. The van der Waals surface area contributed by atoms with E-state index in [1.54, 1.807) is 18.9 Å². The molecular formula is C22H36O8S2. The summed E-state index contributed by atoms with van der Waals surface area (Å²) >= 11 is 3.52. The molecule has 1 N–H and O–H groups in total. The third-order valence-corrected chi connectivity index (χ3v) is 9.62. The molecule has 10 heteroatoms. The van der Waals surface area contributed by atoms with E-state index in [1.165, 1.54) is 0 Å². The molecule has 4 aliphatic heterocycles. The Morgan fingerprint density at radius 2 is 1.72 bits per heavy atom. The van der Waals surface area contributed by atoms with E-state index < -0.39 is 29.7 Å². The van der Waals surface area contributed by atoms with Gasteiger partial charge in [-0.3, -0.25) is 4.79 Å². The van der Waals surface area contributed by atoms with Crippen molar-refractivity contribution in [1.82, 2.24) is 0 Å². The van der Waals surface area contributed by atoms with Gasteiger partial charge in [0.05, 0.1) is 50.5 Å². The predicted molar refractivity (Wildman–Crippen MR) is 122 cm³/mol. The van der Waals surface area contributed by atoms with E-state index in [0.29, 0.717) is 37.9 Å². The molecule has 4 heterocycles. The lowest BCUT2D eigenvalue weighted by molar-refractivity contribution is -0.234. The Balaban J connectivity index is 1.54. The lowest BCUT2D eigenvalue weighted by Crippen LogP contribution is -2.57. The summed E-state index contributed by atoms with van der Waals surface area (Å²) in [4.78, 5) is 13.8. The quantitative estimate of drug-likeness (QED) is 0.506. The molecular weight excluding hydrogens is 456 g/mol. The molecule has 4 rings (SSSR count). The number of ether oxygens (including phenoxy) is 6. The lowest BCUT2D eigenvalue weighted by Gasteiger charge is -2.46. The number of hydrogen-bond acceptors (Lipinski definition) is 10. The number of aliphatic hydroxyl groups excluding tert-OH is 1. The molecule has 6 atom stereocenters. The van der Waals surface area contributed by atoms with Gasteiger partial charge in [0.2, 0.25) is 0 Å². The highest BCUT2D eigenvalue weighted by Gasteiger charge is 2.55.